The standard InChI is InChI=1S/C18H19N3O/c1-14-6-5-9-16(10-14)12-19-13-18-21-20-17(22-18)11-15-7-3-2-4-8-15/h2-10,19H,11-13H2,1H3. The van der Waals surface area contributed by atoms with Crippen molar-refractivity contribution < 1.29 is 4.42 Å². The van der Waals surface area contributed by atoms with Crippen LogP contribution < -0.4 is 5.32 Å². The molecule has 4 heteroatoms. The van der Waals surface area contributed by atoms with Crippen molar-refractivity contribution in [1.29, 1.82) is 0 Å². The van der Waals surface area contributed by atoms with Gasteiger partial charge in [0.05, 0.1) is 13.0 Å². The summed E-state index contributed by atoms with van der Waals surface area (Å²) in [6.45, 7) is 3.46. The van der Waals surface area contributed by atoms with Crippen LogP contribution in [0, 0.1) is 6.92 Å². The van der Waals surface area contributed by atoms with E-state index in [2.05, 4.69) is 58.8 Å². The topological polar surface area (TPSA) is 51.0 Å². The molecule has 0 aliphatic carbocycles. The molecule has 0 atom stereocenters. The van der Waals surface area contributed by atoms with Gasteiger partial charge in [-0.3, -0.25) is 0 Å². The van der Waals surface area contributed by atoms with Crippen molar-refractivity contribution in [3.8, 4) is 0 Å². The van der Waals surface area contributed by atoms with Gasteiger partial charge in [0.2, 0.25) is 11.8 Å². The summed E-state index contributed by atoms with van der Waals surface area (Å²) in [5.74, 6) is 1.28. The fraction of sp³-hybridized carbons (Fsp3) is 0.222. The summed E-state index contributed by atoms with van der Waals surface area (Å²) in [6, 6.07) is 18.6. The maximum absolute atomic E-state index is 5.66. The van der Waals surface area contributed by atoms with Crippen molar-refractivity contribution in [2.24, 2.45) is 0 Å². The fourth-order valence-electron chi connectivity index (χ4n) is 2.34. The third-order valence-corrected chi connectivity index (χ3v) is 3.39. The molecule has 0 fully saturated rings. The van der Waals surface area contributed by atoms with Crippen molar-refractivity contribution in [3.05, 3.63) is 83.1 Å². The quantitative estimate of drug-likeness (QED) is 0.758. The van der Waals surface area contributed by atoms with Crippen LogP contribution >= 0.6 is 0 Å². The Morgan fingerprint density at radius 3 is 2.45 bits per heavy atom. The van der Waals surface area contributed by atoms with Gasteiger partial charge in [-0.2, -0.15) is 0 Å². The number of rotatable bonds is 6. The minimum atomic E-state index is 0.579. The average molecular weight is 293 g/mol. The Balaban J connectivity index is 1.51. The smallest absolute Gasteiger partial charge is 0.230 e. The Hall–Kier alpha value is -2.46. The highest BCUT2D eigenvalue weighted by molar-refractivity contribution is 5.22. The number of nitrogens with zero attached hydrogens (tertiary/aromatic N) is 2. The van der Waals surface area contributed by atoms with Crippen molar-refractivity contribution in [1.82, 2.24) is 15.5 Å². The summed E-state index contributed by atoms with van der Waals surface area (Å²) in [5.41, 5.74) is 3.69. The number of hydrogen-bond acceptors (Lipinski definition) is 4. The van der Waals surface area contributed by atoms with Gasteiger partial charge in [0.1, 0.15) is 0 Å². The van der Waals surface area contributed by atoms with Gasteiger partial charge in [-0.1, -0.05) is 60.2 Å². The molecule has 0 saturated carbocycles. The fourth-order valence-corrected chi connectivity index (χ4v) is 2.34. The third kappa shape index (κ3) is 4.02. The molecule has 112 valence electrons. The third-order valence-electron chi connectivity index (χ3n) is 3.39. The zero-order valence-corrected chi connectivity index (χ0v) is 12.6. The monoisotopic (exact) mass is 293 g/mol. The van der Waals surface area contributed by atoms with Crippen molar-refractivity contribution in [3.63, 3.8) is 0 Å². The molecule has 1 aromatic heterocycles. The SMILES string of the molecule is Cc1cccc(CNCc2nnc(Cc3ccccc3)o2)c1. The van der Waals surface area contributed by atoms with Crippen molar-refractivity contribution in [2.75, 3.05) is 0 Å². The maximum atomic E-state index is 5.66. The zero-order valence-electron chi connectivity index (χ0n) is 12.6. The van der Waals surface area contributed by atoms with E-state index >= 15 is 0 Å². The van der Waals surface area contributed by atoms with Crippen LogP contribution in [0.5, 0.6) is 0 Å². The van der Waals surface area contributed by atoms with Crippen LogP contribution in [-0.2, 0) is 19.5 Å². The summed E-state index contributed by atoms with van der Waals surface area (Å²) >= 11 is 0. The minimum Gasteiger partial charge on any atom is -0.424 e. The minimum absolute atomic E-state index is 0.579. The number of aromatic nitrogens is 2. The Labute approximate surface area is 130 Å². The van der Waals surface area contributed by atoms with Gasteiger partial charge in [-0.25, -0.2) is 0 Å². The predicted molar refractivity (Wildman–Crippen MR) is 85.3 cm³/mol. The first kappa shape index (κ1) is 14.5. The molecule has 3 aromatic rings. The van der Waals surface area contributed by atoms with E-state index in [0.29, 0.717) is 24.7 Å². The highest BCUT2D eigenvalue weighted by Crippen LogP contribution is 2.08. The van der Waals surface area contributed by atoms with Crippen LogP contribution in [0.3, 0.4) is 0 Å². The van der Waals surface area contributed by atoms with E-state index < -0.39 is 0 Å². The Morgan fingerprint density at radius 1 is 0.864 bits per heavy atom. The van der Waals surface area contributed by atoms with Gasteiger partial charge in [0.15, 0.2) is 0 Å². The Kier molecular flexibility index (Phi) is 4.61. The van der Waals surface area contributed by atoms with Crippen LogP contribution in [0.15, 0.2) is 59.0 Å². The largest absolute Gasteiger partial charge is 0.424 e. The number of nitrogens with one attached hydrogen (secondary N) is 1. The highest BCUT2D eigenvalue weighted by atomic mass is 16.4. The lowest BCUT2D eigenvalue weighted by Gasteiger charge is -2.03. The molecule has 0 radical (unpaired) electrons. The molecule has 0 spiro atoms. The molecule has 1 N–H and O–H groups in total. The predicted octanol–water partition coefficient (Wildman–Crippen LogP) is 3.26. The van der Waals surface area contributed by atoms with Gasteiger partial charge in [-0.15, -0.1) is 10.2 Å². The van der Waals surface area contributed by atoms with Crippen LogP contribution in [-0.4, -0.2) is 10.2 Å². The lowest BCUT2D eigenvalue weighted by molar-refractivity contribution is 0.438. The number of hydrogen-bond donors (Lipinski definition) is 1. The molecular formula is C18H19N3O. The zero-order chi connectivity index (χ0) is 15.2. The molecule has 1 heterocycles. The normalized spacial score (nSPS) is 10.8. The van der Waals surface area contributed by atoms with E-state index in [9.17, 15) is 0 Å². The Morgan fingerprint density at radius 2 is 1.64 bits per heavy atom. The first-order chi connectivity index (χ1) is 10.8. The van der Waals surface area contributed by atoms with Crippen molar-refractivity contribution in [2.45, 2.75) is 26.4 Å². The van der Waals surface area contributed by atoms with Gasteiger partial charge < -0.3 is 9.73 Å². The molecule has 0 bridgehead atoms. The lowest BCUT2D eigenvalue weighted by Crippen LogP contribution is -2.12. The second kappa shape index (κ2) is 7.00. The molecular weight excluding hydrogens is 274 g/mol. The van der Waals surface area contributed by atoms with Crippen LogP contribution in [0.1, 0.15) is 28.5 Å². The molecule has 0 amide bonds. The average Bonchev–Trinajstić information content (AvgIpc) is 2.96. The second-order valence-electron chi connectivity index (χ2n) is 5.34. The number of aryl methyl sites for hydroxylation is 1. The molecule has 4 nitrogen and oxygen atoms in total. The summed E-state index contributed by atoms with van der Waals surface area (Å²) in [5, 5.41) is 11.5. The maximum Gasteiger partial charge on any atom is 0.230 e. The van der Waals surface area contributed by atoms with E-state index in [1.54, 1.807) is 0 Å². The molecule has 3 rings (SSSR count). The second-order valence-corrected chi connectivity index (χ2v) is 5.34. The van der Waals surface area contributed by atoms with E-state index in [0.717, 1.165) is 6.54 Å². The van der Waals surface area contributed by atoms with Gasteiger partial charge >= 0.3 is 0 Å². The summed E-state index contributed by atoms with van der Waals surface area (Å²) in [4.78, 5) is 0. The first-order valence-corrected chi connectivity index (χ1v) is 7.41. The van der Waals surface area contributed by atoms with E-state index in [-0.39, 0.29) is 0 Å². The molecule has 0 unspecified atom stereocenters. The van der Waals surface area contributed by atoms with Gasteiger partial charge in [0, 0.05) is 6.54 Å². The summed E-state index contributed by atoms with van der Waals surface area (Å²) in [6.07, 6.45) is 0.672. The van der Waals surface area contributed by atoms with E-state index in [1.165, 1.54) is 16.7 Å². The summed E-state index contributed by atoms with van der Waals surface area (Å²) in [7, 11) is 0. The summed E-state index contributed by atoms with van der Waals surface area (Å²) < 4.78 is 5.66. The number of benzene rings is 2. The Bertz CT molecular complexity index is 722. The molecule has 0 saturated heterocycles. The van der Waals surface area contributed by atoms with Gasteiger partial charge in [0.25, 0.3) is 0 Å². The lowest BCUT2D eigenvalue weighted by atomic mass is 10.1. The van der Waals surface area contributed by atoms with Crippen LogP contribution in [0.25, 0.3) is 0 Å². The molecule has 0 aliphatic heterocycles. The molecule has 22 heavy (non-hydrogen) atoms. The van der Waals surface area contributed by atoms with Crippen LogP contribution in [0.2, 0.25) is 0 Å². The first-order valence-electron chi connectivity index (χ1n) is 7.41. The molecule has 2 aromatic carbocycles. The van der Waals surface area contributed by atoms with E-state index in [1.807, 2.05) is 18.2 Å². The van der Waals surface area contributed by atoms with Crippen LogP contribution in [0.4, 0.5) is 0 Å². The van der Waals surface area contributed by atoms with Crippen molar-refractivity contribution >= 4 is 0 Å². The van der Waals surface area contributed by atoms with E-state index in [4.69, 9.17) is 4.42 Å². The van der Waals surface area contributed by atoms with Gasteiger partial charge in [-0.05, 0) is 18.1 Å². The molecule has 0 aliphatic rings. The highest BCUT2D eigenvalue weighted by Gasteiger charge is 2.06.